The topological polar surface area (TPSA) is 142 Å². The third-order valence-corrected chi connectivity index (χ3v) is 9.66. The maximum atomic E-state index is 13.2. The lowest BCUT2D eigenvalue weighted by atomic mass is 10.2. The number of hydrogen-bond donors (Lipinski definition) is 3. The fourth-order valence-electron chi connectivity index (χ4n) is 4.20. The van der Waals surface area contributed by atoms with Crippen molar-refractivity contribution in [3.8, 4) is 5.75 Å². The standard InChI is InChI=1S/C26H29N3O7S2/c1-17-4-12-23(13-5-17)38(34,35)29-16-21(30)15-24(29)26(31)27-20-7-6-18(2)25(14-20)37(32,33)28-19-8-10-22(36-3)11-9-19/h4-14,21,24,28,30H,15-16H2,1-3H3,(H,27,31). The molecule has 10 nitrogen and oxygen atoms in total. The van der Waals surface area contributed by atoms with Gasteiger partial charge in [-0.3, -0.25) is 9.52 Å². The van der Waals surface area contributed by atoms with Gasteiger partial charge in [0.2, 0.25) is 15.9 Å². The SMILES string of the molecule is COc1ccc(NS(=O)(=O)c2cc(NC(=O)C3CC(O)CN3S(=O)(=O)c3ccc(C)cc3)ccc2C)cc1. The molecule has 202 valence electrons. The number of carbonyl (C=O) groups is 1. The zero-order valence-electron chi connectivity index (χ0n) is 21.1. The molecule has 4 rings (SSSR count). The predicted octanol–water partition coefficient (Wildman–Crippen LogP) is 2.88. The minimum Gasteiger partial charge on any atom is -0.497 e. The van der Waals surface area contributed by atoms with Crippen LogP contribution >= 0.6 is 0 Å². The van der Waals surface area contributed by atoms with E-state index in [1.54, 1.807) is 49.4 Å². The first-order valence-electron chi connectivity index (χ1n) is 11.8. The third kappa shape index (κ3) is 5.83. The lowest BCUT2D eigenvalue weighted by Crippen LogP contribution is -2.43. The highest BCUT2D eigenvalue weighted by molar-refractivity contribution is 7.92. The van der Waals surface area contributed by atoms with Gasteiger partial charge in [0.15, 0.2) is 0 Å². The fraction of sp³-hybridized carbons (Fsp3) is 0.269. The molecule has 1 aliphatic heterocycles. The summed E-state index contributed by atoms with van der Waals surface area (Å²) in [5, 5.41) is 12.8. The van der Waals surface area contributed by atoms with Gasteiger partial charge in [-0.25, -0.2) is 16.8 Å². The maximum absolute atomic E-state index is 13.2. The zero-order chi connectivity index (χ0) is 27.7. The molecule has 0 aliphatic carbocycles. The number of benzene rings is 3. The Hall–Kier alpha value is -3.45. The Morgan fingerprint density at radius 3 is 2.21 bits per heavy atom. The lowest BCUT2D eigenvalue weighted by molar-refractivity contribution is -0.119. The molecule has 0 spiro atoms. The van der Waals surface area contributed by atoms with Crippen molar-refractivity contribution in [3.05, 3.63) is 77.9 Å². The molecule has 1 aliphatic rings. The number of anilines is 2. The molecule has 1 saturated heterocycles. The number of sulfonamides is 2. The van der Waals surface area contributed by atoms with Gasteiger partial charge < -0.3 is 15.2 Å². The van der Waals surface area contributed by atoms with Gasteiger partial charge in [0.05, 0.1) is 23.0 Å². The molecule has 3 N–H and O–H groups in total. The number of carbonyl (C=O) groups excluding carboxylic acids is 1. The van der Waals surface area contributed by atoms with Gasteiger partial charge in [0.1, 0.15) is 11.8 Å². The predicted molar refractivity (Wildman–Crippen MR) is 143 cm³/mol. The maximum Gasteiger partial charge on any atom is 0.262 e. The zero-order valence-corrected chi connectivity index (χ0v) is 22.7. The Morgan fingerprint density at radius 1 is 0.947 bits per heavy atom. The van der Waals surface area contributed by atoms with Crippen molar-refractivity contribution in [1.82, 2.24) is 4.31 Å². The summed E-state index contributed by atoms with van der Waals surface area (Å²) in [5.41, 5.74) is 1.83. The van der Waals surface area contributed by atoms with Gasteiger partial charge in [0.25, 0.3) is 10.0 Å². The van der Waals surface area contributed by atoms with E-state index in [1.165, 1.54) is 31.4 Å². The van der Waals surface area contributed by atoms with Crippen LogP contribution in [-0.2, 0) is 24.8 Å². The Bertz CT molecular complexity index is 1540. The summed E-state index contributed by atoms with van der Waals surface area (Å²) in [5.74, 6) is -0.100. The van der Waals surface area contributed by atoms with E-state index in [-0.39, 0.29) is 28.4 Å². The van der Waals surface area contributed by atoms with E-state index in [0.29, 0.717) is 17.0 Å². The van der Waals surface area contributed by atoms with Crippen LogP contribution in [0.3, 0.4) is 0 Å². The van der Waals surface area contributed by atoms with Crippen LogP contribution < -0.4 is 14.8 Å². The highest BCUT2D eigenvalue weighted by atomic mass is 32.2. The fourth-order valence-corrected chi connectivity index (χ4v) is 7.16. The number of hydrogen-bond acceptors (Lipinski definition) is 7. The second kappa shape index (κ2) is 10.7. The van der Waals surface area contributed by atoms with Gasteiger partial charge in [-0.05, 0) is 67.9 Å². The van der Waals surface area contributed by atoms with Gasteiger partial charge in [-0.15, -0.1) is 0 Å². The summed E-state index contributed by atoms with van der Waals surface area (Å²) in [6, 6.07) is 15.8. The number of nitrogens with zero attached hydrogens (tertiary/aromatic N) is 1. The molecule has 0 saturated carbocycles. The smallest absolute Gasteiger partial charge is 0.262 e. The monoisotopic (exact) mass is 559 g/mol. The molecule has 0 bridgehead atoms. The number of methoxy groups -OCH3 is 1. The number of nitrogens with one attached hydrogen (secondary N) is 2. The summed E-state index contributed by atoms with van der Waals surface area (Å²) >= 11 is 0. The first-order valence-corrected chi connectivity index (χ1v) is 14.7. The molecule has 12 heteroatoms. The van der Waals surface area contributed by atoms with Crippen molar-refractivity contribution < 1.29 is 31.5 Å². The minimum absolute atomic E-state index is 0.0170. The molecule has 3 aromatic carbocycles. The molecule has 2 atom stereocenters. The van der Waals surface area contributed by atoms with Gasteiger partial charge in [0, 0.05) is 24.3 Å². The van der Waals surface area contributed by atoms with Crippen LogP contribution in [0, 0.1) is 13.8 Å². The number of amides is 1. The van der Waals surface area contributed by atoms with Crippen LogP contribution in [0.25, 0.3) is 0 Å². The first-order chi connectivity index (χ1) is 17.9. The second-order valence-corrected chi connectivity index (χ2v) is 12.6. The summed E-state index contributed by atoms with van der Waals surface area (Å²) in [7, 11) is -6.56. The van der Waals surface area contributed by atoms with E-state index in [2.05, 4.69) is 10.0 Å². The lowest BCUT2D eigenvalue weighted by Gasteiger charge is -2.23. The number of β-amino-alcohol motifs (C(OH)–C–C–N with tert-alkyl or cyclic N) is 1. The van der Waals surface area contributed by atoms with Crippen molar-refractivity contribution in [1.29, 1.82) is 0 Å². The highest BCUT2D eigenvalue weighted by Crippen LogP contribution is 2.29. The summed E-state index contributed by atoms with van der Waals surface area (Å²) < 4.78 is 61.3. The number of ether oxygens (including phenoxy) is 1. The van der Waals surface area contributed by atoms with Crippen LogP contribution in [0.2, 0.25) is 0 Å². The molecule has 1 amide bonds. The average molecular weight is 560 g/mol. The number of rotatable bonds is 8. The number of aliphatic hydroxyl groups excluding tert-OH is 1. The van der Waals surface area contributed by atoms with Crippen molar-refractivity contribution >= 4 is 37.3 Å². The minimum atomic E-state index is -4.05. The van der Waals surface area contributed by atoms with Gasteiger partial charge >= 0.3 is 0 Å². The van der Waals surface area contributed by atoms with Gasteiger partial charge in [-0.2, -0.15) is 4.31 Å². The molecule has 1 heterocycles. The van der Waals surface area contributed by atoms with E-state index >= 15 is 0 Å². The van der Waals surface area contributed by atoms with E-state index in [0.717, 1.165) is 9.87 Å². The summed E-state index contributed by atoms with van der Waals surface area (Å²) in [6.45, 7) is 3.22. The van der Waals surface area contributed by atoms with Crippen LogP contribution in [-0.4, -0.2) is 58.0 Å². The Labute approximate surface area is 222 Å². The third-order valence-electron chi connectivity index (χ3n) is 6.25. The highest BCUT2D eigenvalue weighted by Gasteiger charge is 2.43. The van der Waals surface area contributed by atoms with Gasteiger partial charge in [-0.1, -0.05) is 23.8 Å². The van der Waals surface area contributed by atoms with E-state index in [1.807, 2.05) is 6.92 Å². The number of aryl methyl sites for hydroxylation is 2. The van der Waals surface area contributed by atoms with E-state index in [4.69, 9.17) is 4.74 Å². The first kappa shape index (κ1) is 27.6. The van der Waals surface area contributed by atoms with E-state index in [9.17, 15) is 26.7 Å². The van der Waals surface area contributed by atoms with Crippen LogP contribution in [0.4, 0.5) is 11.4 Å². The number of aliphatic hydroxyl groups is 1. The molecule has 2 unspecified atom stereocenters. The van der Waals surface area contributed by atoms with Crippen molar-refractivity contribution in [2.75, 3.05) is 23.7 Å². The van der Waals surface area contributed by atoms with E-state index < -0.39 is 38.1 Å². The second-order valence-electron chi connectivity index (χ2n) is 9.10. The molecule has 1 fully saturated rings. The Kier molecular flexibility index (Phi) is 7.79. The van der Waals surface area contributed by atoms with Crippen molar-refractivity contribution in [3.63, 3.8) is 0 Å². The molecular weight excluding hydrogens is 530 g/mol. The summed E-state index contributed by atoms with van der Waals surface area (Å²) in [4.78, 5) is 13.2. The molecule has 3 aromatic rings. The Morgan fingerprint density at radius 2 is 1.58 bits per heavy atom. The summed E-state index contributed by atoms with van der Waals surface area (Å²) in [6.07, 6.45) is -1.11. The molecular formula is C26H29N3O7S2. The molecule has 0 aromatic heterocycles. The van der Waals surface area contributed by atoms with Crippen molar-refractivity contribution in [2.24, 2.45) is 0 Å². The van der Waals surface area contributed by atoms with Crippen LogP contribution in [0.1, 0.15) is 17.5 Å². The normalized spacial score (nSPS) is 18.2. The quantitative estimate of drug-likeness (QED) is 0.385. The Balaban J connectivity index is 1.56. The largest absolute Gasteiger partial charge is 0.497 e. The van der Waals surface area contributed by atoms with Crippen LogP contribution in [0.5, 0.6) is 5.75 Å². The van der Waals surface area contributed by atoms with Crippen LogP contribution in [0.15, 0.2) is 76.5 Å². The molecule has 0 radical (unpaired) electrons. The average Bonchev–Trinajstić information content (AvgIpc) is 3.28. The van der Waals surface area contributed by atoms with Crippen molar-refractivity contribution in [2.45, 2.75) is 42.2 Å². The molecule has 38 heavy (non-hydrogen) atoms.